The van der Waals surface area contributed by atoms with Crippen LogP contribution in [-0.2, 0) is 4.79 Å². The van der Waals surface area contributed by atoms with Crippen LogP contribution in [0.1, 0.15) is 11.5 Å². The minimum Gasteiger partial charge on any atom is -0.478 e. The van der Waals surface area contributed by atoms with E-state index in [1.54, 1.807) is 18.2 Å². The van der Waals surface area contributed by atoms with Crippen molar-refractivity contribution in [3.8, 4) is 11.5 Å². The van der Waals surface area contributed by atoms with Crippen molar-refractivity contribution in [2.45, 2.75) is 6.92 Å². The number of nitrogens with zero attached hydrogens (tertiary/aromatic N) is 2. The third-order valence-electron chi connectivity index (χ3n) is 2.23. The molecule has 0 radical (unpaired) electrons. The van der Waals surface area contributed by atoms with Gasteiger partial charge in [-0.05, 0) is 30.7 Å². The third-order valence-corrected chi connectivity index (χ3v) is 2.46. The van der Waals surface area contributed by atoms with Gasteiger partial charge in [-0.3, -0.25) is 0 Å². The molecule has 0 saturated carbocycles. The van der Waals surface area contributed by atoms with Crippen molar-refractivity contribution < 1.29 is 14.3 Å². The molecule has 6 heteroatoms. The maximum Gasteiger partial charge on any atom is 0.328 e. The molecule has 0 bridgehead atoms. The Hall–Kier alpha value is -2.14. The molecule has 0 amide bonds. The highest BCUT2D eigenvalue weighted by Crippen LogP contribution is 2.24. The van der Waals surface area contributed by atoms with E-state index in [4.69, 9.17) is 21.1 Å². The molecule has 1 aromatic heterocycles. The summed E-state index contributed by atoms with van der Waals surface area (Å²) in [7, 11) is 0. The Morgan fingerprint density at radius 1 is 1.44 bits per heavy atom. The normalized spacial score (nSPS) is 11.0. The number of aromatic nitrogens is 2. The Bertz CT molecular complexity index is 620. The minimum absolute atomic E-state index is 0.141. The van der Waals surface area contributed by atoms with E-state index < -0.39 is 5.97 Å². The zero-order valence-electron chi connectivity index (χ0n) is 9.42. The van der Waals surface area contributed by atoms with Gasteiger partial charge in [0.15, 0.2) is 0 Å². The highest BCUT2D eigenvalue weighted by atomic mass is 35.5. The summed E-state index contributed by atoms with van der Waals surface area (Å²) in [6.45, 7) is 1.87. The molecule has 1 heterocycles. The number of carboxylic acid groups (broad SMARTS) is 1. The standard InChI is InChI=1S/C12H9ClN2O3/c1-7-6-8(13)2-3-9(7)12-15-14-10(18-12)4-5-11(16)17/h2-6H,1H3,(H,16,17)/b5-4+. The van der Waals surface area contributed by atoms with E-state index in [0.717, 1.165) is 17.2 Å². The number of halogens is 1. The largest absolute Gasteiger partial charge is 0.478 e. The lowest BCUT2D eigenvalue weighted by atomic mass is 10.1. The first kappa shape index (κ1) is 12.3. The van der Waals surface area contributed by atoms with Crippen LogP contribution in [0.2, 0.25) is 5.02 Å². The lowest BCUT2D eigenvalue weighted by Crippen LogP contribution is -1.85. The number of rotatable bonds is 3. The van der Waals surface area contributed by atoms with E-state index in [0.29, 0.717) is 10.9 Å². The van der Waals surface area contributed by atoms with Crippen LogP contribution in [0.5, 0.6) is 0 Å². The molecular weight excluding hydrogens is 256 g/mol. The first-order valence-electron chi connectivity index (χ1n) is 5.07. The second-order valence-corrected chi connectivity index (χ2v) is 4.01. The van der Waals surface area contributed by atoms with Crippen LogP contribution in [0.25, 0.3) is 17.5 Å². The molecule has 1 aromatic carbocycles. The molecule has 0 spiro atoms. The van der Waals surface area contributed by atoms with Crippen molar-refractivity contribution in [3.63, 3.8) is 0 Å². The number of aliphatic carboxylic acids is 1. The predicted molar refractivity (Wildman–Crippen MR) is 66.2 cm³/mol. The van der Waals surface area contributed by atoms with E-state index in [9.17, 15) is 4.79 Å². The Kier molecular flexibility index (Phi) is 3.43. The fourth-order valence-electron chi connectivity index (χ4n) is 1.42. The van der Waals surface area contributed by atoms with Crippen LogP contribution in [0.15, 0.2) is 28.7 Å². The van der Waals surface area contributed by atoms with E-state index in [-0.39, 0.29) is 5.89 Å². The summed E-state index contributed by atoms with van der Waals surface area (Å²) < 4.78 is 5.33. The Labute approximate surface area is 108 Å². The highest BCUT2D eigenvalue weighted by Gasteiger charge is 2.09. The zero-order chi connectivity index (χ0) is 13.1. The molecule has 5 nitrogen and oxygen atoms in total. The fourth-order valence-corrected chi connectivity index (χ4v) is 1.65. The summed E-state index contributed by atoms with van der Waals surface area (Å²) >= 11 is 5.85. The first-order chi connectivity index (χ1) is 8.56. The maximum absolute atomic E-state index is 10.3. The summed E-state index contributed by atoms with van der Waals surface area (Å²) in [4.78, 5) is 10.3. The first-order valence-corrected chi connectivity index (χ1v) is 5.45. The van der Waals surface area contributed by atoms with Gasteiger partial charge in [0, 0.05) is 22.7 Å². The van der Waals surface area contributed by atoms with Crippen LogP contribution in [-0.4, -0.2) is 21.3 Å². The van der Waals surface area contributed by atoms with E-state index in [1.165, 1.54) is 6.08 Å². The van der Waals surface area contributed by atoms with Crippen LogP contribution in [0.3, 0.4) is 0 Å². The molecule has 0 unspecified atom stereocenters. The minimum atomic E-state index is -1.07. The maximum atomic E-state index is 10.3. The molecule has 1 N–H and O–H groups in total. The van der Waals surface area contributed by atoms with Gasteiger partial charge in [-0.2, -0.15) is 0 Å². The van der Waals surface area contributed by atoms with Crippen molar-refractivity contribution in [3.05, 3.63) is 40.8 Å². The summed E-state index contributed by atoms with van der Waals surface area (Å²) in [6, 6.07) is 5.28. The topological polar surface area (TPSA) is 76.2 Å². The van der Waals surface area contributed by atoms with Gasteiger partial charge in [-0.15, -0.1) is 10.2 Å². The van der Waals surface area contributed by atoms with Crippen molar-refractivity contribution in [2.24, 2.45) is 0 Å². The van der Waals surface area contributed by atoms with Crippen molar-refractivity contribution >= 4 is 23.6 Å². The number of hydrogen-bond donors (Lipinski definition) is 1. The zero-order valence-corrected chi connectivity index (χ0v) is 10.2. The summed E-state index contributed by atoms with van der Waals surface area (Å²) in [6.07, 6.45) is 2.18. The average Bonchev–Trinajstić information content (AvgIpc) is 2.75. The third kappa shape index (κ3) is 2.75. The van der Waals surface area contributed by atoms with Gasteiger partial charge in [-0.25, -0.2) is 4.79 Å². The Morgan fingerprint density at radius 3 is 2.89 bits per heavy atom. The highest BCUT2D eigenvalue weighted by molar-refractivity contribution is 6.30. The van der Waals surface area contributed by atoms with Crippen LogP contribution >= 0.6 is 11.6 Å². The van der Waals surface area contributed by atoms with Crippen molar-refractivity contribution in [1.82, 2.24) is 10.2 Å². The summed E-state index contributed by atoms with van der Waals surface area (Å²) in [5.41, 5.74) is 1.67. The number of benzene rings is 1. The lowest BCUT2D eigenvalue weighted by molar-refractivity contribution is -0.131. The number of hydrogen-bond acceptors (Lipinski definition) is 4. The molecule has 18 heavy (non-hydrogen) atoms. The molecule has 0 atom stereocenters. The lowest BCUT2D eigenvalue weighted by Gasteiger charge is -2.00. The molecule has 2 rings (SSSR count). The second kappa shape index (κ2) is 5.01. The second-order valence-electron chi connectivity index (χ2n) is 3.58. The molecular formula is C12H9ClN2O3. The quantitative estimate of drug-likeness (QED) is 0.863. The summed E-state index contributed by atoms with van der Waals surface area (Å²) in [5, 5.41) is 16.7. The number of carboxylic acids is 1. The van der Waals surface area contributed by atoms with E-state index in [2.05, 4.69) is 10.2 Å². The monoisotopic (exact) mass is 264 g/mol. The van der Waals surface area contributed by atoms with Crippen LogP contribution < -0.4 is 0 Å². The van der Waals surface area contributed by atoms with E-state index >= 15 is 0 Å². The molecule has 0 aliphatic carbocycles. The average molecular weight is 265 g/mol. The molecule has 2 aromatic rings. The molecule has 0 saturated heterocycles. The van der Waals surface area contributed by atoms with Gasteiger partial charge in [0.1, 0.15) is 0 Å². The molecule has 0 aliphatic heterocycles. The Balaban J connectivity index is 2.32. The van der Waals surface area contributed by atoms with Gasteiger partial charge >= 0.3 is 5.97 Å². The van der Waals surface area contributed by atoms with Crippen LogP contribution in [0, 0.1) is 6.92 Å². The van der Waals surface area contributed by atoms with E-state index in [1.807, 2.05) is 6.92 Å². The van der Waals surface area contributed by atoms with Gasteiger partial charge in [-0.1, -0.05) is 11.6 Å². The molecule has 0 aliphatic rings. The number of carbonyl (C=O) groups is 1. The fraction of sp³-hybridized carbons (Fsp3) is 0.0833. The predicted octanol–water partition coefficient (Wildman–Crippen LogP) is 2.80. The van der Waals surface area contributed by atoms with Gasteiger partial charge < -0.3 is 9.52 Å². The molecule has 0 fully saturated rings. The van der Waals surface area contributed by atoms with Gasteiger partial charge in [0.2, 0.25) is 11.8 Å². The Morgan fingerprint density at radius 2 is 2.22 bits per heavy atom. The van der Waals surface area contributed by atoms with Crippen molar-refractivity contribution in [2.75, 3.05) is 0 Å². The van der Waals surface area contributed by atoms with Gasteiger partial charge in [0.25, 0.3) is 0 Å². The number of aryl methyl sites for hydroxylation is 1. The van der Waals surface area contributed by atoms with Gasteiger partial charge in [0.05, 0.1) is 0 Å². The SMILES string of the molecule is Cc1cc(Cl)ccc1-c1nnc(/C=C/C(=O)O)o1. The molecule has 92 valence electrons. The van der Waals surface area contributed by atoms with Crippen LogP contribution in [0.4, 0.5) is 0 Å². The summed E-state index contributed by atoms with van der Waals surface area (Å²) in [5.74, 6) is -0.603. The van der Waals surface area contributed by atoms with Crippen molar-refractivity contribution in [1.29, 1.82) is 0 Å². The smallest absolute Gasteiger partial charge is 0.328 e.